The van der Waals surface area contributed by atoms with E-state index in [1.807, 2.05) is 13.0 Å². The number of rotatable bonds is 7. The van der Waals surface area contributed by atoms with Gasteiger partial charge in [-0.15, -0.1) is 10.2 Å². The predicted molar refractivity (Wildman–Crippen MR) is 126 cm³/mol. The molecule has 1 aliphatic rings. The molecule has 1 aliphatic heterocycles. The van der Waals surface area contributed by atoms with Crippen LogP contribution >= 0.6 is 34.7 Å². The van der Waals surface area contributed by atoms with Crippen LogP contribution in [-0.4, -0.2) is 51.6 Å². The van der Waals surface area contributed by atoms with E-state index < -0.39 is 0 Å². The molecule has 3 aromatic heterocycles. The van der Waals surface area contributed by atoms with Crippen LogP contribution in [0.4, 0.5) is 5.13 Å². The summed E-state index contributed by atoms with van der Waals surface area (Å²) in [5, 5.41) is 11.9. The average Bonchev–Trinajstić information content (AvgIpc) is 3.40. The van der Waals surface area contributed by atoms with Gasteiger partial charge in [0.25, 0.3) is 5.91 Å². The summed E-state index contributed by atoms with van der Waals surface area (Å²) in [5.74, 6) is 1.59. The summed E-state index contributed by atoms with van der Waals surface area (Å²) in [7, 11) is 1.54. The molecule has 4 rings (SSSR count). The van der Waals surface area contributed by atoms with Crippen LogP contribution in [0.15, 0.2) is 28.9 Å². The summed E-state index contributed by atoms with van der Waals surface area (Å²) < 4.78 is 11.8. The number of carbonyl (C=O) groups excluding carboxylic acids is 1. The zero-order valence-corrected chi connectivity index (χ0v) is 20.2. The highest BCUT2D eigenvalue weighted by molar-refractivity contribution is 8.01. The first kappa shape index (κ1) is 22.9. The van der Waals surface area contributed by atoms with Crippen molar-refractivity contribution in [3.05, 3.63) is 40.9 Å². The van der Waals surface area contributed by atoms with E-state index in [2.05, 4.69) is 32.4 Å². The quantitative estimate of drug-likeness (QED) is 0.287. The van der Waals surface area contributed by atoms with Crippen LogP contribution in [-0.2, 0) is 4.74 Å². The third-order valence-electron chi connectivity index (χ3n) is 5.21. The van der Waals surface area contributed by atoms with E-state index in [9.17, 15) is 4.79 Å². The van der Waals surface area contributed by atoms with Crippen molar-refractivity contribution in [2.75, 3.05) is 24.8 Å². The zero-order chi connectivity index (χ0) is 22.7. The molecule has 0 saturated carbocycles. The standard InChI is InChI=1S/C21H22ClN5O3S2/c1-11-6-14(15-7-18(22)24-9-17(15)29-3)16(8-23-11)19(28)25-20-26-27-21(32-20)31-10-13-4-5-30-12(13)2/h6-9,12-13H,4-5,10H2,1-3H3,(H,25,26,28)/t12-,13+/m0/s1. The molecular formula is C21H22ClN5O3S2. The summed E-state index contributed by atoms with van der Waals surface area (Å²) in [5.41, 5.74) is 2.43. The van der Waals surface area contributed by atoms with E-state index in [0.717, 1.165) is 28.8 Å². The molecule has 0 spiro atoms. The Morgan fingerprint density at radius 2 is 2.16 bits per heavy atom. The van der Waals surface area contributed by atoms with Gasteiger partial charge >= 0.3 is 0 Å². The molecule has 0 aromatic carbocycles. The number of nitrogens with zero attached hydrogens (tertiary/aromatic N) is 4. The second-order valence-electron chi connectivity index (χ2n) is 7.34. The van der Waals surface area contributed by atoms with Gasteiger partial charge in [0.15, 0.2) is 4.34 Å². The van der Waals surface area contributed by atoms with E-state index in [1.165, 1.54) is 23.7 Å². The average molecular weight is 492 g/mol. The fraction of sp³-hybridized carbons (Fsp3) is 0.381. The Hall–Kier alpha value is -2.27. The smallest absolute Gasteiger partial charge is 0.259 e. The molecule has 32 heavy (non-hydrogen) atoms. The van der Waals surface area contributed by atoms with Crippen LogP contribution < -0.4 is 10.1 Å². The van der Waals surface area contributed by atoms with Crippen LogP contribution in [0.1, 0.15) is 29.4 Å². The summed E-state index contributed by atoms with van der Waals surface area (Å²) in [6.07, 6.45) is 4.38. The maximum Gasteiger partial charge on any atom is 0.259 e. The second kappa shape index (κ2) is 10.1. The number of thioether (sulfide) groups is 1. The first-order valence-corrected chi connectivity index (χ1v) is 12.2. The first-order chi connectivity index (χ1) is 15.4. The van der Waals surface area contributed by atoms with Crippen molar-refractivity contribution in [3.63, 3.8) is 0 Å². The molecule has 8 nitrogen and oxygen atoms in total. The van der Waals surface area contributed by atoms with Gasteiger partial charge in [0.05, 0.1) is 25.0 Å². The number of anilines is 1. The molecule has 1 N–H and O–H groups in total. The molecule has 0 radical (unpaired) electrons. The van der Waals surface area contributed by atoms with Gasteiger partial charge in [0.2, 0.25) is 5.13 Å². The van der Waals surface area contributed by atoms with Gasteiger partial charge in [-0.25, -0.2) is 4.98 Å². The van der Waals surface area contributed by atoms with Crippen LogP contribution in [0.2, 0.25) is 5.15 Å². The van der Waals surface area contributed by atoms with Crippen LogP contribution in [0.25, 0.3) is 11.1 Å². The molecule has 2 atom stereocenters. The minimum atomic E-state index is -0.340. The Labute approximate surface area is 199 Å². The molecule has 0 aliphatic carbocycles. The van der Waals surface area contributed by atoms with Crippen LogP contribution in [0.5, 0.6) is 5.75 Å². The van der Waals surface area contributed by atoms with E-state index in [0.29, 0.717) is 38.6 Å². The Bertz CT molecular complexity index is 1130. The molecule has 4 heterocycles. The van der Waals surface area contributed by atoms with Gasteiger partial charge in [-0.2, -0.15) is 0 Å². The number of halogens is 1. The molecule has 0 bridgehead atoms. The minimum Gasteiger partial charge on any atom is -0.494 e. The lowest BCUT2D eigenvalue weighted by Gasteiger charge is -2.13. The second-order valence-corrected chi connectivity index (χ2v) is 9.97. The van der Waals surface area contributed by atoms with Crippen LogP contribution in [0.3, 0.4) is 0 Å². The number of hydrogen-bond acceptors (Lipinski definition) is 9. The number of nitrogens with one attached hydrogen (secondary N) is 1. The normalized spacial score (nSPS) is 18.0. The van der Waals surface area contributed by atoms with Crippen LogP contribution in [0, 0.1) is 12.8 Å². The van der Waals surface area contributed by atoms with Crippen molar-refractivity contribution < 1.29 is 14.3 Å². The van der Waals surface area contributed by atoms with Crippen molar-refractivity contribution >= 4 is 45.7 Å². The summed E-state index contributed by atoms with van der Waals surface area (Å²) >= 11 is 9.09. The van der Waals surface area contributed by atoms with Crippen molar-refractivity contribution in [1.82, 2.24) is 20.2 Å². The van der Waals surface area contributed by atoms with E-state index in [4.69, 9.17) is 21.1 Å². The summed E-state index contributed by atoms with van der Waals surface area (Å²) in [6.45, 7) is 4.76. The number of pyridine rings is 2. The summed E-state index contributed by atoms with van der Waals surface area (Å²) in [4.78, 5) is 21.4. The fourth-order valence-corrected chi connectivity index (χ4v) is 5.61. The highest BCUT2D eigenvalue weighted by Gasteiger charge is 2.25. The first-order valence-electron chi connectivity index (χ1n) is 10.0. The molecule has 0 unspecified atom stereocenters. The third-order valence-corrected chi connectivity index (χ3v) is 7.58. The minimum absolute atomic E-state index is 0.265. The van der Waals surface area contributed by atoms with E-state index in [1.54, 1.807) is 24.9 Å². The van der Waals surface area contributed by atoms with Gasteiger partial charge < -0.3 is 9.47 Å². The molecular weight excluding hydrogens is 470 g/mol. The Balaban J connectivity index is 1.52. The Morgan fingerprint density at radius 1 is 1.31 bits per heavy atom. The SMILES string of the molecule is COc1cnc(Cl)cc1-c1cc(C)ncc1C(=O)Nc1nnc(SC[C@H]2CCO[C@H]2C)s1. The van der Waals surface area contributed by atoms with Crippen molar-refractivity contribution in [1.29, 1.82) is 0 Å². The molecule has 3 aromatic rings. The number of carbonyl (C=O) groups is 1. The number of amides is 1. The largest absolute Gasteiger partial charge is 0.494 e. The number of aromatic nitrogens is 4. The molecule has 1 fully saturated rings. The molecule has 1 saturated heterocycles. The third kappa shape index (κ3) is 5.20. The molecule has 1 amide bonds. The van der Waals surface area contributed by atoms with Gasteiger partial charge in [-0.05, 0) is 38.3 Å². The number of hydrogen-bond donors (Lipinski definition) is 1. The van der Waals surface area contributed by atoms with Gasteiger partial charge in [-0.1, -0.05) is 34.7 Å². The Kier molecular flexibility index (Phi) is 7.24. The fourth-order valence-electron chi connectivity index (χ4n) is 3.41. The summed E-state index contributed by atoms with van der Waals surface area (Å²) in [6, 6.07) is 3.48. The topological polar surface area (TPSA) is 99.1 Å². The van der Waals surface area contributed by atoms with E-state index >= 15 is 0 Å². The zero-order valence-electron chi connectivity index (χ0n) is 17.8. The number of ether oxygens (including phenoxy) is 2. The van der Waals surface area contributed by atoms with Gasteiger partial charge in [0, 0.05) is 35.4 Å². The lowest BCUT2D eigenvalue weighted by molar-refractivity contribution is 0.102. The monoisotopic (exact) mass is 491 g/mol. The number of aryl methyl sites for hydroxylation is 1. The predicted octanol–water partition coefficient (Wildman–Crippen LogP) is 4.73. The Morgan fingerprint density at radius 3 is 2.91 bits per heavy atom. The number of methoxy groups -OCH3 is 1. The van der Waals surface area contributed by atoms with E-state index in [-0.39, 0.29) is 12.0 Å². The van der Waals surface area contributed by atoms with Gasteiger partial charge in [0.1, 0.15) is 10.9 Å². The van der Waals surface area contributed by atoms with Crippen molar-refractivity contribution in [3.8, 4) is 16.9 Å². The molecule has 11 heteroatoms. The highest BCUT2D eigenvalue weighted by Crippen LogP contribution is 2.35. The van der Waals surface area contributed by atoms with Crippen molar-refractivity contribution in [2.45, 2.75) is 30.7 Å². The highest BCUT2D eigenvalue weighted by atomic mass is 35.5. The maximum absolute atomic E-state index is 13.1. The van der Waals surface area contributed by atoms with Crippen molar-refractivity contribution in [2.24, 2.45) is 5.92 Å². The lowest BCUT2D eigenvalue weighted by atomic mass is 10.0. The molecule has 168 valence electrons. The lowest BCUT2D eigenvalue weighted by Crippen LogP contribution is -2.14. The van der Waals surface area contributed by atoms with Gasteiger partial charge in [-0.3, -0.25) is 15.1 Å². The maximum atomic E-state index is 13.1.